The van der Waals surface area contributed by atoms with Crippen molar-refractivity contribution in [3.63, 3.8) is 0 Å². The lowest BCUT2D eigenvalue weighted by Crippen LogP contribution is -2.22. The standard InChI is InChI=1S/C26H21BrN2O3S/c1-3-31-22-13-18(12-19(27)24(22)32-15-17-8-6-7-16(2)11-17)14-23-25(30)29-21-10-5-4-9-20(21)28-26(29)33-23/h4-14H,3,15H2,1-2H3/b23-14-. The van der Waals surface area contributed by atoms with Gasteiger partial charge in [-0.05, 0) is 71.2 Å². The number of rotatable bonds is 6. The highest BCUT2D eigenvalue weighted by atomic mass is 79.9. The van der Waals surface area contributed by atoms with Crippen LogP contribution in [0.4, 0.5) is 0 Å². The van der Waals surface area contributed by atoms with Crippen LogP contribution in [0.15, 0.2) is 69.9 Å². The predicted octanol–water partition coefficient (Wildman–Crippen LogP) is 5.51. The summed E-state index contributed by atoms with van der Waals surface area (Å²) in [5, 5.41) is 0. The number of halogens is 1. The van der Waals surface area contributed by atoms with E-state index in [-0.39, 0.29) is 5.56 Å². The first-order valence-electron chi connectivity index (χ1n) is 10.6. The number of fused-ring (bicyclic) bond motifs is 3. The first-order valence-corrected chi connectivity index (χ1v) is 12.2. The Kier molecular flexibility index (Phi) is 5.91. The maximum absolute atomic E-state index is 13.1. The minimum Gasteiger partial charge on any atom is -0.490 e. The van der Waals surface area contributed by atoms with Gasteiger partial charge in [0.2, 0.25) is 0 Å². The van der Waals surface area contributed by atoms with Gasteiger partial charge in [0.15, 0.2) is 16.5 Å². The minimum atomic E-state index is -0.0717. The highest BCUT2D eigenvalue weighted by Gasteiger charge is 2.14. The van der Waals surface area contributed by atoms with Crippen molar-refractivity contribution in [3.8, 4) is 11.5 Å². The SMILES string of the molecule is CCOc1cc(/C=c2\sc3nc4ccccc4n3c2=O)cc(Br)c1OCc1cccc(C)c1. The van der Waals surface area contributed by atoms with Crippen molar-refractivity contribution in [2.24, 2.45) is 0 Å². The first-order chi connectivity index (χ1) is 16.0. The van der Waals surface area contributed by atoms with Gasteiger partial charge in [-0.15, -0.1) is 0 Å². The van der Waals surface area contributed by atoms with E-state index in [2.05, 4.69) is 40.0 Å². The molecule has 0 radical (unpaired) electrons. The van der Waals surface area contributed by atoms with E-state index < -0.39 is 0 Å². The van der Waals surface area contributed by atoms with E-state index in [4.69, 9.17) is 9.47 Å². The Balaban J connectivity index is 1.53. The van der Waals surface area contributed by atoms with Gasteiger partial charge in [0.1, 0.15) is 6.61 Å². The number of para-hydroxylation sites is 2. The molecule has 166 valence electrons. The summed E-state index contributed by atoms with van der Waals surface area (Å²) in [4.78, 5) is 18.4. The summed E-state index contributed by atoms with van der Waals surface area (Å²) < 4.78 is 15.0. The molecule has 5 rings (SSSR count). The van der Waals surface area contributed by atoms with E-state index in [1.807, 2.05) is 61.5 Å². The number of nitrogens with zero attached hydrogens (tertiary/aromatic N) is 2. The van der Waals surface area contributed by atoms with Crippen molar-refractivity contribution in [1.82, 2.24) is 9.38 Å². The molecule has 2 aromatic heterocycles. The zero-order valence-corrected chi connectivity index (χ0v) is 20.6. The van der Waals surface area contributed by atoms with Crippen molar-refractivity contribution < 1.29 is 9.47 Å². The number of thiazole rings is 1. The fourth-order valence-corrected chi connectivity index (χ4v) is 5.36. The molecule has 5 nitrogen and oxygen atoms in total. The van der Waals surface area contributed by atoms with Crippen LogP contribution in [0.3, 0.4) is 0 Å². The summed E-state index contributed by atoms with van der Waals surface area (Å²) in [6, 6.07) is 19.7. The monoisotopic (exact) mass is 520 g/mol. The van der Waals surface area contributed by atoms with Gasteiger partial charge >= 0.3 is 0 Å². The van der Waals surface area contributed by atoms with E-state index in [9.17, 15) is 4.79 Å². The summed E-state index contributed by atoms with van der Waals surface area (Å²) in [6.45, 7) is 4.93. The number of hydrogen-bond acceptors (Lipinski definition) is 5. The predicted molar refractivity (Wildman–Crippen MR) is 136 cm³/mol. The summed E-state index contributed by atoms with van der Waals surface area (Å²) in [6.07, 6.45) is 1.87. The molecule has 0 N–H and O–H groups in total. The Labute approximate surface area is 203 Å². The lowest BCUT2D eigenvalue weighted by molar-refractivity contribution is 0.267. The van der Waals surface area contributed by atoms with E-state index in [1.54, 1.807) is 4.40 Å². The largest absolute Gasteiger partial charge is 0.490 e. The Hall–Kier alpha value is -3.16. The number of imidazole rings is 1. The molecule has 0 fully saturated rings. The molecule has 0 atom stereocenters. The van der Waals surface area contributed by atoms with E-state index in [1.165, 1.54) is 16.9 Å². The number of benzene rings is 3. The van der Waals surface area contributed by atoms with Gasteiger partial charge in [-0.1, -0.05) is 53.3 Å². The number of ether oxygens (including phenoxy) is 2. The third kappa shape index (κ3) is 4.26. The Bertz CT molecular complexity index is 1590. The van der Waals surface area contributed by atoms with Gasteiger partial charge in [0, 0.05) is 0 Å². The van der Waals surface area contributed by atoms with Crippen molar-refractivity contribution in [2.75, 3.05) is 6.61 Å². The average Bonchev–Trinajstić information content (AvgIpc) is 3.29. The number of aromatic nitrogens is 2. The highest BCUT2D eigenvalue weighted by molar-refractivity contribution is 9.10. The number of hydrogen-bond donors (Lipinski definition) is 0. The van der Waals surface area contributed by atoms with Crippen LogP contribution in [-0.2, 0) is 6.61 Å². The first kappa shape index (κ1) is 21.7. The summed E-state index contributed by atoms with van der Waals surface area (Å²) in [5.41, 5.74) is 4.70. The number of aryl methyl sites for hydroxylation is 1. The highest BCUT2D eigenvalue weighted by Crippen LogP contribution is 2.37. The van der Waals surface area contributed by atoms with Gasteiger partial charge in [-0.3, -0.25) is 4.79 Å². The van der Waals surface area contributed by atoms with Crippen molar-refractivity contribution in [2.45, 2.75) is 20.5 Å². The Morgan fingerprint density at radius 1 is 1.09 bits per heavy atom. The maximum Gasteiger partial charge on any atom is 0.274 e. The van der Waals surface area contributed by atoms with Crippen LogP contribution >= 0.6 is 27.3 Å². The molecule has 0 spiro atoms. The Morgan fingerprint density at radius 3 is 2.76 bits per heavy atom. The molecule has 7 heteroatoms. The van der Waals surface area contributed by atoms with Crippen molar-refractivity contribution in [3.05, 3.63) is 96.7 Å². The molecule has 0 bridgehead atoms. The summed E-state index contributed by atoms with van der Waals surface area (Å²) in [5.74, 6) is 1.27. The lowest BCUT2D eigenvalue weighted by atomic mass is 10.1. The third-order valence-corrected chi connectivity index (χ3v) is 6.80. The molecule has 5 aromatic rings. The molecular formula is C26H21BrN2O3S. The molecule has 0 unspecified atom stereocenters. The molecular weight excluding hydrogens is 500 g/mol. The molecule has 0 aliphatic carbocycles. The molecule has 33 heavy (non-hydrogen) atoms. The lowest BCUT2D eigenvalue weighted by Gasteiger charge is -2.15. The molecule has 3 aromatic carbocycles. The van der Waals surface area contributed by atoms with E-state index in [0.29, 0.717) is 34.2 Å². The van der Waals surface area contributed by atoms with E-state index >= 15 is 0 Å². The van der Waals surface area contributed by atoms with Gasteiger partial charge < -0.3 is 9.47 Å². The molecule has 0 saturated carbocycles. The summed E-state index contributed by atoms with van der Waals surface area (Å²) in [7, 11) is 0. The van der Waals surface area contributed by atoms with Gasteiger partial charge in [-0.25, -0.2) is 9.38 Å². The van der Waals surface area contributed by atoms with Crippen LogP contribution in [0.5, 0.6) is 11.5 Å². The quantitative estimate of drug-likeness (QED) is 0.296. The van der Waals surface area contributed by atoms with Crippen molar-refractivity contribution >= 4 is 49.3 Å². The zero-order valence-electron chi connectivity index (χ0n) is 18.2. The fourth-order valence-electron chi connectivity index (χ4n) is 3.80. The zero-order chi connectivity index (χ0) is 22.9. The molecule has 0 saturated heterocycles. The van der Waals surface area contributed by atoms with Gasteiger partial charge in [0.05, 0.1) is 26.6 Å². The molecule has 2 heterocycles. The van der Waals surface area contributed by atoms with Crippen LogP contribution in [0.1, 0.15) is 23.6 Å². The third-order valence-electron chi connectivity index (χ3n) is 5.24. The molecule has 0 aliphatic heterocycles. The van der Waals surface area contributed by atoms with Crippen LogP contribution in [0, 0.1) is 6.92 Å². The van der Waals surface area contributed by atoms with Crippen LogP contribution in [0.2, 0.25) is 0 Å². The minimum absolute atomic E-state index is 0.0717. The second kappa shape index (κ2) is 9.00. The normalized spacial score (nSPS) is 12.0. The van der Waals surface area contributed by atoms with Gasteiger partial charge in [-0.2, -0.15) is 0 Å². The molecule has 0 aliphatic rings. The summed E-state index contributed by atoms with van der Waals surface area (Å²) >= 11 is 5.01. The van der Waals surface area contributed by atoms with Crippen LogP contribution < -0.4 is 19.6 Å². The average molecular weight is 521 g/mol. The second-order valence-electron chi connectivity index (χ2n) is 7.68. The van der Waals surface area contributed by atoms with Crippen molar-refractivity contribution in [1.29, 1.82) is 0 Å². The van der Waals surface area contributed by atoms with E-state index in [0.717, 1.165) is 26.6 Å². The smallest absolute Gasteiger partial charge is 0.274 e. The second-order valence-corrected chi connectivity index (χ2v) is 9.54. The topological polar surface area (TPSA) is 52.8 Å². The fraction of sp³-hybridized carbons (Fsp3) is 0.154. The van der Waals surface area contributed by atoms with Gasteiger partial charge in [0.25, 0.3) is 5.56 Å². The maximum atomic E-state index is 13.1. The van der Waals surface area contributed by atoms with Crippen LogP contribution in [0.25, 0.3) is 22.1 Å². The van der Waals surface area contributed by atoms with Crippen LogP contribution in [-0.4, -0.2) is 16.0 Å². The molecule has 0 amide bonds. The Morgan fingerprint density at radius 2 is 1.94 bits per heavy atom.